The molecule has 0 amide bonds. The molecule has 2 heteroatoms. The van der Waals surface area contributed by atoms with Crippen LogP contribution in [-0.2, 0) is 0 Å². The third kappa shape index (κ3) is 3.30. The zero-order valence-electron chi connectivity index (χ0n) is 6.88. The molecular weight excluding hydrogens is 136 g/mol. The molecule has 0 aliphatic carbocycles. The highest BCUT2D eigenvalue weighted by molar-refractivity contribution is 4.88. The minimum absolute atomic E-state index is 0. The molecular formula is C9H20N2. The number of hydrogen-bond donors (Lipinski definition) is 0. The van der Waals surface area contributed by atoms with Gasteiger partial charge in [0, 0.05) is 26.0 Å². The van der Waals surface area contributed by atoms with Crippen LogP contribution in [0, 0.1) is 0 Å². The highest BCUT2D eigenvalue weighted by atomic mass is 15.3. The molecule has 1 heterocycles. The Bertz CT molecular complexity index is 121. The molecule has 2 nitrogen and oxygen atoms in total. The van der Waals surface area contributed by atoms with Crippen molar-refractivity contribution in [2.45, 2.75) is 27.2 Å². The first kappa shape index (κ1) is 10.3. The zero-order valence-corrected chi connectivity index (χ0v) is 6.88. The maximum absolute atomic E-state index is 2.34. The number of unbranched alkanes of at least 4 members (excludes halogenated alkanes) is 1. The summed E-state index contributed by atoms with van der Waals surface area (Å²) < 4.78 is 0. The fourth-order valence-electron chi connectivity index (χ4n) is 1.10. The van der Waals surface area contributed by atoms with Crippen LogP contribution in [0.2, 0.25) is 0 Å². The van der Waals surface area contributed by atoms with Crippen molar-refractivity contribution in [2.75, 3.05) is 20.3 Å². The minimum atomic E-state index is 0. The Labute approximate surface area is 70.5 Å². The topological polar surface area (TPSA) is 6.48 Å². The van der Waals surface area contributed by atoms with Crippen molar-refractivity contribution in [3.05, 3.63) is 12.4 Å². The molecule has 0 N–H and O–H groups in total. The molecule has 1 aliphatic rings. The summed E-state index contributed by atoms with van der Waals surface area (Å²) in [7, 11) is 2.10. The van der Waals surface area contributed by atoms with Crippen molar-refractivity contribution in [3.63, 3.8) is 0 Å². The van der Waals surface area contributed by atoms with E-state index in [0.29, 0.717) is 0 Å². The van der Waals surface area contributed by atoms with Gasteiger partial charge < -0.3 is 9.80 Å². The van der Waals surface area contributed by atoms with Crippen LogP contribution in [0.1, 0.15) is 27.2 Å². The van der Waals surface area contributed by atoms with E-state index in [4.69, 9.17) is 0 Å². The lowest BCUT2D eigenvalue weighted by Crippen LogP contribution is -2.23. The molecule has 0 fully saturated rings. The lowest BCUT2D eigenvalue weighted by atomic mass is 10.3. The van der Waals surface area contributed by atoms with Crippen LogP contribution in [0.25, 0.3) is 0 Å². The standard InChI is InChI=1S/C8H16N2.CH4/c1-3-4-5-10-7-6-9(2)8-10;/h6-7H,3-5,8H2,1-2H3;1H4. The summed E-state index contributed by atoms with van der Waals surface area (Å²) in [5.41, 5.74) is 0. The Morgan fingerprint density at radius 2 is 2.09 bits per heavy atom. The van der Waals surface area contributed by atoms with Crippen LogP contribution in [0.3, 0.4) is 0 Å². The van der Waals surface area contributed by atoms with Crippen molar-refractivity contribution in [1.82, 2.24) is 9.80 Å². The lowest BCUT2D eigenvalue weighted by Gasteiger charge is -2.17. The van der Waals surface area contributed by atoms with Gasteiger partial charge in [0.15, 0.2) is 0 Å². The van der Waals surface area contributed by atoms with Crippen molar-refractivity contribution < 1.29 is 0 Å². The number of nitrogens with zero attached hydrogens (tertiary/aromatic N) is 2. The molecule has 0 aromatic heterocycles. The highest BCUT2D eigenvalue weighted by Gasteiger charge is 2.05. The summed E-state index contributed by atoms with van der Waals surface area (Å²) in [5.74, 6) is 0. The smallest absolute Gasteiger partial charge is 0.0890 e. The van der Waals surface area contributed by atoms with Gasteiger partial charge in [-0.2, -0.15) is 0 Å². The molecule has 0 saturated heterocycles. The van der Waals surface area contributed by atoms with Crippen molar-refractivity contribution in [2.24, 2.45) is 0 Å². The summed E-state index contributed by atoms with van der Waals surface area (Å²) in [4.78, 5) is 4.53. The minimum Gasteiger partial charge on any atom is -0.362 e. The molecule has 11 heavy (non-hydrogen) atoms. The van der Waals surface area contributed by atoms with Crippen LogP contribution in [0.4, 0.5) is 0 Å². The van der Waals surface area contributed by atoms with Crippen LogP contribution >= 0.6 is 0 Å². The summed E-state index contributed by atoms with van der Waals surface area (Å²) in [5, 5.41) is 0. The second-order valence-corrected chi connectivity index (χ2v) is 2.86. The molecule has 0 spiro atoms. The second kappa shape index (κ2) is 5.05. The van der Waals surface area contributed by atoms with Crippen LogP contribution < -0.4 is 0 Å². The van der Waals surface area contributed by atoms with Gasteiger partial charge in [-0.3, -0.25) is 0 Å². The van der Waals surface area contributed by atoms with E-state index in [9.17, 15) is 0 Å². The third-order valence-electron chi connectivity index (χ3n) is 1.74. The molecule has 66 valence electrons. The van der Waals surface area contributed by atoms with Gasteiger partial charge in [-0.05, 0) is 6.42 Å². The van der Waals surface area contributed by atoms with Gasteiger partial charge in [-0.15, -0.1) is 0 Å². The molecule has 0 saturated carbocycles. The summed E-state index contributed by atoms with van der Waals surface area (Å²) in [6.07, 6.45) is 6.87. The van der Waals surface area contributed by atoms with Gasteiger partial charge >= 0.3 is 0 Å². The average molecular weight is 156 g/mol. The Morgan fingerprint density at radius 1 is 1.36 bits per heavy atom. The molecule has 1 aliphatic heterocycles. The zero-order chi connectivity index (χ0) is 7.40. The fourth-order valence-corrected chi connectivity index (χ4v) is 1.10. The molecule has 1 rings (SSSR count). The SMILES string of the molecule is C.CCCCN1C=CN(C)C1. The van der Waals surface area contributed by atoms with Gasteiger partial charge in [0.25, 0.3) is 0 Å². The largest absolute Gasteiger partial charge is 0.362 e. The Hall–Kier alpha value is -0.660. The van der Waals surface area contributed by atoms with Gasteiger partial charge in [0.05, 0.1) is 6.67 Å². The molecule has 0 bridgehead atoms. The maximum atomic E-state index is 2.34. The van der Waals surface area contributed by atoms with E-state index in [0.717, 1.165) is 6.67 Å². The predicted molar refractivity (Wildman–Crippen MR) is 50.1 cm³/mol. The molecule has 0 aromatic carbocycles. The van der Waals surface area contributed by atoms with E-state index in [2.05, 4.69) is 36.2 Å². The van der Waals surface area contributed by atoms with E-state index >= 15 is 0 Å². The fraction of sp³-hybridized carbons (Fsp3) is 0.778. The monoisotopic (exact) mass is 156 g/mol. The number of hydrogen-bond acceptors (Lipinski definition) is 2. The highest BCUT2D eigenvalue weighted by Crippen LogP contribution is 2.04. The van der Waals surface area contributed by atoms with Crippen LogP contribution in [0.5, 0.6) is 0 Å². The molecule has 0 aromatic rings. The average Bonchev–Trinajstić information content (AvgIpc) is 2.31. The van der Waals surface area contributed by atoms with E-state index in [1.165, 1.54) is 19.4 Å². The van der Waals surface area contributed by atoms with Crippen LogP contribution in [0.15, 0.2) is 12.4 Å². The summed E-state index contributed by atoms with van der Waals surface area (Å²) in [6.45, 7) is 4.50. The molecule has 0 unspecified atom stereocenters. The van der Waals surface area contributed by atoms with E-state index in [1.54, 1.807) is 0 Å². The first-order valence-electron chi connectivity index (χ1n) is 3.95. The first-order chi connectivity index (χ1) is 4.83. The molecule has 0 atom stereocenters. The third-order valence-corrected chi connectivity index (χ3v) is 1.74. The Kier molecular flexibility index (Phi) is 4.75. The van der Waals surface area contributed by atoms with E-state index in [1.807, 2.05) is 0 Å². The van der Waals surface area contributed by atoms with Crippen molar-refractivity contribution >= 4 is 0 Å². The van der Waals surface area contributed by atoms with E-state index in [-0.39, 0.29) is 7.43 Å². The molecule has 0 radical (unpaired) electrons. The van der Waals surface area contributed by atoms with Gasteiger partial charge in [0.2, 0.25) is 0 Å². The predicted octanol–water partition coefficient (Wildman–Crippen LogP) is 2.10. The quantitative estimate of drug-likeness (QED) is 0.617. The first-order valence-corrected chi connectivity index (χ1v) is 3.95. The summed E-state index contributed by atoms with van der Waals surface area (Å²) >= 11 is 0. The van der Waals surface area contributed by atoms with Gasteiger partial charge in [-0.1, -0.05) is 20.8 Å². The second-order valence-electron chi connectivity index (χ2n) is 2.86. The summed E-state index contributed by atoms with van der Waals surface area (Å²) in [6, 6.07) is 0. The Morgan fingerprint density at radius 3 is 2.55 bits per heavy atom. The van der Waals surface area contributed by atoms with Crippen LogP contribution in [-0.4, -0.2) is 30.1 Å². The number of rotatable bonds is 3. The van der Waals surface area contributed by atoms with Crippen molar-refractivity contribution in [3.8, 4) is 0 Å². The lowest BCUT2D eigenvalue weighted by molar-refractivity contribution is 0.293. The maximum Gasteiger partial charge on any atom is 0.0890 e. The normalized spacial score (nSPS) is 15.5. The van der Waals surface area contributed by atoms with E-state index < -0.39 is 0 Å². The van der Waals surface area contributed by atoms with Crippen molar-refractivity contribution in [1.29, 1.82) is 0 Å². The Balaban J connectivity index is 0.000001000. The van der Waals surface area contributed by atoms with Gasteiger partial charge in [0.1, 0.15) is 0 Å². The van der Waals surface area contributed by atoms with Gasteiger partial charge in [-0.25, -0.2) is 0 Å².